The van der Waals surface area contributed by atoms with E-state index in [1.54, 1.807) is 18.8 Å². The van der Waals surface area contributed by atoms with Gasteiger partial charge in [0.1, 0.15) is 18.6 Å². The minimum absolute atomic E-state index is 0.0827. The van der Waals surface area contributed by atoms with E-state index in [0.29, 0.717) is 55.6 Å². The highest BCUT2D eigenvalue weighted by molar-refractivity contribution is 6.34. The molecule has 0 radical (unpaired) electrons. The van der Waals surface area contributed by atoms with Crippen molar-refractivity contribution < 1.29 is 41.3 Å². The molecule has 0 spiro atoms. The summed E-state index contributed by atoms with van der Waals surface area (Å²) in [5.41, 5.74) is -1.57. The standard InChI is InChI=1S/C32H34Cl2F5N7O4/c1-43(2)29(48)27-25(34)20-13-44(6-4-8-46(20)42-27)28-17-14-49-22(23-24(32(37,38)39)18(33)9-21(47)26(23)36)10-19(17)40-30(41-28)50-15-31-5-3-7-45(31)12-16(35)11-31/h9,16,22,47H,3-8,10-15H2,1-2H3/t16-,22+,31+/m1/s1. The van der Waals surface area contributed by atoms with Crippen molar-refractivity contribution >= 4 is 34.9 Å². The van der Waals surface area contributed by atoms with Gasteiger partial charge in [0.15, 0.2) is 17.3 Å². The predicted octanol–water partition coefficient (Wildman–Crippen LogP) is 5.72. The van der Waals surface area contributed by atoms with E-state index in [1.807, 2.05) is 4.90 Å². The lowest BCUT2D eigenvalue weighted by Crippen LogP contribution is -2.43. The second kappa shape index (κ2) is 12.9. The third-order valence-corrected chi connectivity index (χ3v) is 10.7. The number of benzene rings is 1. The van der Waals surface area contributed by atoms with Crippen molar-refractivity contribution in [3.05, 3.63) is 55.7 Å². The van der Waals surface area contributed by atoms with Gasteiger partial charge in [-0.25, -0.2) is 8.78 Å². The van der Waals surface area contributed by atoms with Crippen molar-refractivity contribution in [2.75, 3.05) is 45.2 Å². The summed E-state index contributed by atoms with van der Waals surface area (Å²) in [5.74, 6) is -2.55. The zero-order chi connectivity index (χ0) is 35.7. The molecular weight excluding hydrogens is 712 g/mol. The predicted molar refractivity (Wildman–Crippen MR) is 171 cm³/mol. The van der Waals surface area contributed by atoms with Crippen molar-refractivity contribution in [2.24, 2.45) is 0 Å². The summed E-state index contributed by atoms with van der Waals surface area (Å²) in [6.45, 7) is 1.87. The Bertz CT molecular complexity index is 1840. The molecule has 2 fully saturated rings. The molecule has 0 aliphatic carbocycles. The molecule has 18 heteroatoms. The van der Waals surface area contributed by atoms with Gasteiger partial charge in [0, 0.05) is 63.8 Å². The first-order valence-electron chi connectivity index (χ1n) is 16.2. The normalized spacial score (nSPS) is 23.7. The highest BCUT2D eigenvalue weighted by Gasteiger charge is 2.49. The zero-order valence-corrected chi connectivity index (χ0v) is 28.7. The van der Waals surface area contributed by atoms with Crippen LogP contribution in [0.25, 0.3) is 0 Å². The molecule has 0 saturated carbocycles. The Balaban J connectivity index is 1.28. The van der Waals surface area contributed by atoms with Gasteiger partial charge < -0.3 is 24.4 Å². The molecular formula is C32H34Cl2F5N7O4. The van der Waals surface area contributed by atoms with Crippen LogP contribution in [-0.2, 0) is 37.0 Å². The molecule has 1 amide bonds. The number of aromatic hydroxyl groups is 1. The highest BCUT2D eigenvalue weighted by Crippen LogP contribution is 2.47. The van der Waals surface area contributed by atoms with Gasteiger partial charge in [0.2, 0.25) is 0 Å². The Hall–Kier alpha value is -3.47. The third kappa shape index (κ3) is 6.11. The first kappa shape index (κ1) is 35.0. The number of hydrogen-bond acceptors (Lipinski definition) is 9. The average Bonchev–Trinajstić information content (AvgIpc) is 3.62. The third-order valence-electron chi connectivity index (χ3n) is 9.97. The van der Waals surface area contributed by atoms with Crippen molar-refractivity contribution in [3.8, 4) is 11.8 Å². The van der Waals surface area contributed by atoms with E-state index in [1.165, 1.54) is 4.90 Å². The first-order valence-corrected chi connectivity index (χ1v) is 17.0. The van der Waals surface area contributed by atoms with Gasteiger partial charge in [-0.05, 0) is 25.8 Å². The van der Waals surface area contributed by atoms with E-state index in [2.05, 4.69) is 15.0 Å². The molecule has 50 heavy (non-hydrogen) atoms. The van der Waals surface area contributed by atoms with Crippen LogP contribution in [0.4, 0.5) is 27.8 Å². The number of carbonyl (C=O) groups is 1. The Morgan fingerprint density at radius 3 is 2.72 bits per heavy atom. The molecule has 6 heterocycles. The lowest BCUT2D eigenvalue weighted by Gasteiger charge is -2.33. The van der Waals surface area contributed by atoms with Gasteiger partial charge >= 0.3 is 12.2 Å². The number of anilines is 1. The smallest absolute Gasteiger partial charge is 0.418 e. The molecule has 7 rings (SSSR count). The topological polar surface area (TPSA) is 109 Å². The average molecular weight is 747 g/mol. The molecule has 1 N–H and O–H groups in total. The maximum Gasteiger partial charge on any atom is 0.418 e. The molecule has 4 aliphatic rings. The summed E-state index contributed by atoms with van der Waals surface area (Å²) in [4.78, 5) is 27.5. The summed E-state index contributed by atoms with van der Waals surface area (Å²) in [6, 6.07) is 0.427. The molecule has 0 unspecified atom stereocenters. The molecule has 1 aromatic carbocycles. The van der Waals surface area contributed by atoms with Gasteiger partial charge in [0.05, 0.1) is 51.8 Å². The summed E-state index contributed by atoms with van der Waals surface area (Å²) in [5, 5.41) is 13.9. The summed E-state index contributed by atoms with van der Waals surface area (Å²) < 4.78 is 86.2. The monoisotopic (exact) mass is 745 g/mol. The number of ether oxygens (including phenoxy) is 2. The number of halogens is 7. The molecule has 3 aromatic rings. The van der Waals surface area contributed by atoms with Crippen molar-refractivity contribution in [2.45, 2.75) is 75.8 Å². The number of carbonyl (C=O) groups excluding carboxylic acids is 1. The number of rotatable bonds is 6. The summed E-state index contributed by atoms with van der Waals surface area (Å²) in [7, 11) is 3.19. The Morgan fingerprint density at radius 2 is 1.98 bits per heavy atom. The van der Waals surface area contributed by atoms with Crippen molar-refractivity contribution in [1.29, 1.82) is 0 Å². The van der Waals surface area contributed by atoms with Gasteiger partial charge in [-0.1, -0.05) is 23.2 Å². The second-order valence-electron chi connectivity index (χ2n) is 13.4. The van der Waals surface area contributed by atoms with E-state index in [-0.39, 0.29) is 54.5 Å². The Kier molecular flexibility index (Phi) is 9.05. The number of hydrogen-bond donors (Lipinski definition) is 1. The molecule has 11 nitrogen and oxygen atoms in total. The van der Waals surface area contributed by atoms with Crippen LogP contribution in [0, 0.1) is 5.82 Å². The lowest BCUT2D eigenvalue weighted by atomic mass is 9.94. The van der Waals surface area contributed by atoms with Crippen molar-refractivity contribution in [3.63, 3.8) is 0 Å². The largest absolute Gasteiger partial charge is 0.505 e. The number of nitrogens with zero attached hydrogens (tertiary/aromatic N) is 7. The number of aromatic nitrogens is 4. The van der Waals surface area contributed by atoms with E-state index in [9.17, 15) is 27.5 Å². The lowest BCUT2D eigenvalue weighted by molar-refractivity contribution is -0.140. The van der Waals surface area contributed by atoms with Crippen LogP contribution in [0.15, 0.2) is 6.07 Å². The zero-order valence-electron chi connectivity index (χ0n) is 27.2. The summed E-state index contributed by atoms with van der Waals surface area (Å²) >= 11 is 12.6. The fourth-order valence-electron chi connectivity index (χ4n) is 7.62. The SMILES string of the molecule is CN(C)C(=O)c1nn2c(c1Cl)CN(c1nc(OC[C@@]34CCCN3C[C@H](F)C4)nc3c1CO[C@H](c1c(F)c(O)cc(Cl)c1C(F)(F)F)C3)CCC2. The van der Waals surface area contributed by atoms with E-state index < -0.39 is 51.7 Å². The van der Waals surface area contributed by atoms with Crippen LogP contribution >= 0.6 is 23.2 Å². The van der Waals surface area contributed by atoms with Gasteiger partial charge in [-0.3, -0.25) is 14.4 Å². The van der Waals surface area contributed by atoms with E-state index >= 15 is 4.39 Å². The van der Waals surface area contributed by atoms with Gasteiger partial charge in [-0.2, -0.15) is 28.2 Å². The number of phenolic OH excluding ortho intramolecular Hbond substituents is 1. The summed E-state index contributed by atoms with van der Waals surface area (Å²) in [6.07, 6.45) is -5.45. The van der Waals surface area contributed by atoms with Crippen LogP contribution in [0.5, 0.6) is 11.8 Å². The molecule has 3 atom stereocenters. The van der Waals surface area contributed by atoms with E-state index in [0.717, 1.165) is 19.4 Å². The number of alkyl halides is 4. The molecule has 2 aromatic heterocycles. The second-order valence-corrected chi connectivity index (χ2v) is 14.2. The maximum absolute atomic E-state index is 15.3. The minimum Gasteiger partial charge on any atom is -0.505 e. The molecule has 2 saturated heterocycles. The number of amides is 1. The fraction of sp³-hybridized carbons (Fsp3) is 0.562. The van der Waals surface area contributed by atoms with Crippen LogP contribution in [0.2, 0.25) is 10.0 Å². The highest BCUT2D eigenvalue weighted by atomic mass is 35.5. The van der Waals surface area contributed by atoms with Crippen LogP contribution in [-0.4, -0.2) is 92.6 Å². The Morgan fingerprint density at radius 1 is 1.20 bits per heavy atom. The van der Waals surface area contributed by atoms with Crippen LogP contribution in [0.3, 0.4) is 0 Å². The molecule has 0 bridgehead atoms. The van der Waals surface area contributed by atoms with E-state index in [4.69, 9.17) is 37.7 Å². The van der Waals surface area contributed by atoms with Crippen LogP contribution < -0.4 is 9.64 Å². The maximum atomic E-state index is 15.3. The fourth-order valence-corrected chi connectivity index (χ4v) is 8.21. The molecule has 270 valence electrons. The minimum atomic E-state index is -5.06. The Labute approximate surface area is 293 Å². The van der Waals surface area contributed by atoms with Gasteiger partial charge in [-0.15, -0.1) is 0 Å². The number of aryl methyl sites for hydroxylation is 1. The first-order chi connectivity index (χ1) is 23.7. The van der Waals surface area contributed by atoms with Crippen LogP contribution in [0.1, 0.15) is 70.4 Å². The quantitative estimate of drug-likeness (QED) is 0.317. The van der Waals surface area contributed by atoms with Gasteiger partial charge in [0.25, 0.3) is 5.91 Å². The molecule has 4 aliphatic heterocycles. The number of phenols is 1. The number of fused-ring (bicyclic) bond motifs is 3. The van der Waals surface area contributed by atoms with Crippen molar-refractivity contribution in [1.82, 2.24) is 29.5 Å².